The molecule has 1 aliphatic carbocycles. The highest BCUT2D eigenvalue weighted by atomic mass is 16.1. The summed E-state index contributed by atoms with van der Waals surface area (Å²) < 4.78 is 0. The van der Waals surface area contributed by atoms with Crippen LogP contribution in [-0.2, 0) is 0 Å². The van der Waals surface area contributed by atoms with Crippen LogP contribution in [0.1, 0.15) is 55.8 Å². The average Bonchev–Trinajstić information content (AvgIpc) is 2.93. The van der Waals surface area contributed by atoms with Gasteiger partial charge in [0, 0.05) is 25.0 Å². The van der Waals surface area contributed by atoms with Gasteiger partial charge < -0.3 is 10.6 Å². The summed E-state index contributed by atoms with van der Waals surface area (Å²) in [7, 11) is 0. The minimum Gasteiger partial charge on any atom is -0.352 e. The molecule has 1 heterocycles. The van der Waals surface area contributed by atoms with Crippen LogP contribution >= 0.6 is 0 Å². The molecule has 2 rings (SSSR count). The molecule has 0 aromatic carbocycles. The summed E-state index contributed by atoms with van der Waals surface area (Å²) in [5.41, 5.74) is 0.521. The Labute approximate surface area is 114 Å². The summed E-state index contributed by atoms with van der Waals surface area (Å²) in [6, 6.07) is 0.490. The van der Waals surface area contributed by atoms with Crippen LogP contribution < -0.4 is 10.6 Å². The monoisotopic (exact) mass is 262 g/mol. The number of carbonyl (C=O) groups excluding carboxylic acids is 1. The molecule has 0 saturated heterocycles. The van der Waals surface area contributed by atoms with Crippen LogP contribution in [0.15, 0.2) is 12.4 Å². The average molecular weight is 262 g/mol. The lowest BCUT2D eigenvalue weighted by atomic mass is 10.2. The Hall–Kier alpha value is -1.65. The second-order valence-corrected chi connectivity index (χ2v) is 5.03. The summed E-state index contributed by atoms with van der Waals surface area (Å²) in [6.45, 7) is 2.80. The Balaban J connectivity index is 1.84. The lowest BCUT2D eigenvalue weighted by Crippen LogP contribution is -2.25. The number of anilines is 1. The van der Waals surface area contributed by atoms with Gasteiger partial charge in [0.05, 0.1) is 5.56 Å². The van der Waals surface area contributed by atoms with Crippen LogP contribution in [0.3, 0.4) is 0 Å². The second-order valence-electron chi connectivity index (χ2n) is 5.03. The van der Waals surface area contributed by atoms with E-state index in [1.165, 1.54) is 25.7 Å². The Morgan fingerprint density at radius 1 is 1.32 bits per heavy atom. The molecular weight excluding hydrogens is 240 g/mol. The number of hydrogen-bond donors (Lipinski definition) is 2. The molecule has 1 aliphatic rings. The number of nitrogens with one attached hydrogen (secondary N) is 2. The Kier molecular flexibility index (Phi) is 5.12. The highest BCUT2D eigenvalue weighted by molar-refractivity contribution is 5.93. The topological polar surface area (TPSA) is 66.9 Å². The summed E-state index contributed by atoms with van der Waals surface area (Å²) in [5.74, 6) is 0.526. The van der Waals surface area contributed by atoms with Crippen LogP contribution in [0, 0.1) is 0 Å². The van der Waals surface area contributed by atoms with Crippen LogP contribution in [0.4, 0.5) is 5.95 Å². The highest BCUT2D eigenvalue weighted by Crippen LogP contribution is 2.20. The normalized spacial score (nSPS) is 15.4. The van der Waals surface area contributed by atoms with Crippen molar-refractivity contribution in [3.05, 3.63) is 18.0 Å². The first-order valence-corrected chi connectivity index (χ1v) is 7.16. The fraction of sp³-hybridized carbons (Fsp3) is 0.643. The standard InChI is InChI=1S/C14H22N4O/c1-2-3-8-15-13(19)11-9-16-14(17-10-11)18-12-6-4-5-7-12/h9-10,12H,2-8H2,1H3,(H,15,19)(H,16,17,18). The van der Waals surface area contributed by atoms with Crippen molar-refractivity contribution in [1.29, 1.82) is 0 Å². The quantitative estimate of drug-likeness (QED) is 0.772. The first kappa shape index (κ1) is 13.8. The van der Waals surface area contributed by atoms with Crippen molar-refractivity contribution in [2.24, 2.45) is 0 Å². The van der Waals surface area contributed by atoms with Crippen LogP contribution in [0.2, 0.25) is 0 Å². The molecule has 0 unspecified atom stereocenters. The molecule has 1 aromatic heterocycles. The van der Waals surface area contributed by atoms with Crippen molar-refractivity contribution in [2.45, 2.75) is 51.5 Å². The van der Waals surface area contributed by atoms with Crippen molar-refractivity contribution in [2.75, 3.05) is 11.9 Å². The van der Waals surface area contributed by atoms with E-state index in [4.69, 9.17) is 0 Å². The Bertz CT molecular complexity index is 398. The minimum atomic E-state index is -0.0964. The number of unbranched alkanes of at least 4 members (excludes halogenated alkanes) is 1. The van der Waals surface area contributed by atoms with Crippen LogP contribution in [0.5, 0.6) is 0 Å². The minimum absolute atomic E-state index is 0.0964. The largest absolute Gasteiger partial charge is 0.352 e. The van der Waals surface area contributed by atoms with Gasteiger partial charge in [-0.2, -0.15) is 0 Å². The molecule has 0 aliphatic heterocycles. The van der Waals surface area contributed by atoms with Gasteiger partial charge in [-0.15, -0.1) is 0 Å². The highest BCUT2D eigenvalue weighted by Gasteiger charge is 2.15. The molecule has 0 radical (unpaired) electrons. The van der Waals surface area contributed by atoms with E-state index >= 15 is 0 Å². The van der Waals surface area contributed by atoms with Crippen molar-refractivity contribution < 1.29 is 4.79 Å². The molecule has 0 atom stereocenters. The fourth-order valence-corrected chi connectivity index (χ4v) is 2.25. The zero-order valence-corrected chi connectivity index (χ0v) is 11.5. The van der Waals surface area contributed by atoms with E-state index in [1.807, 2.05) is 0 Å². The molecule has 1 saturated carbocycles. The van der Waals surface area contributed by atoms with Crippen LogP contribution in [0.25, 0.3) is 0 Å². The Morgan fingerprint density at radius 2 is 2.00 bits per heavy atom. The maximum atomic E-state index is 11.8. The van der Waals surface area contributed by atoms with E-state index in [2.05, 4.69) is 27.5 Å². The first-order valence-electron chi connectivity index (χ1n) is 7.16. The third-order valence-electron chi connectivity index (χ3n) is 3.42. The summed E-state index contributed by atoms with van der Waals surface area (Å²) in [5, 5.41) is 6.16. The summed E-state index contributed by atoms with van der Waals surface area (Å²) in [6.07, 6.45) is 10.2. The van der Waals surface area contributed by atoms with Gasteiger partial charge in [0.1, 0.15) is 0 Å². The molecule has 1 amide bonds. The number of aromatic nitrogens is 2. The molecule has 1 fully saturated rings. The number of amides is 1. The first-order chi connectivity index (χ1) is 9.29. The van der Waals surface area contributed by atoms with Crippen LogP contribution in [-0.4, -0.2) is 28.5 Å². The maximum Gasteiger partial charge on any atom is 0.254 e. The van der Waals surface area contributed by atoms with E-state index in [1.54, 1.807) is 12.4 Å². The number of hydrogen-bond acceptors (Lipinski definition) is 4. The molecule has 5 nitrogen and oxygen atoms in total. The van der Waals surface area contributed by atoms with Gasteiger partial charge >= 0.3 is 0 Å². The van der Waals surface area contributed by atoms with Crippen molar-refractivity contribution >= 4 is 11.9 Å². The van der Waals surface area contributed by atoms with Gasteiger partial charge in [0.2, 0.25) is 5.95 Å². The molecule has 2 N–H and O–H groups in total. The van der Waals surface area contributed by atoms with Gasteiger partial charge in [-0.1, -0.05) is 26.2 Å². The third kappa shape index (κ3) is 4.19. The number of rotatable bonds is 6. The number of nitrogens with zero attached hydrogens (tertiary/aromatic N) is 2. The second kappa shape index (κ2) is 7.07. The van der Waals surface area contributed by atoms with Crippen molar-refractivity contribution in [3.8, 4) is 0 Å². The third-order valence-corrected chi connectivity index (χ3v) is 3.42. The molecule has 0 spiro atoms. The predicted octanol–water partition coefficient (Wildman–Crippen LogP) is 2.36. The predicted molar refractivity (Wildman–Crippen MR) is 75.2 cm³/mol. The molecule has 0 bridgehead atoms. The molecule has 1 aromatic rings. The number of carbonyl (C=O) groups is 1. The SMILES string of the molecule is CCCCNC(=O)c1cnc(NC2CCCC2)nc1. The van der Waals surface area contributed by atoms with E-state index in [0.717, 1.165) is 12.8 Å². The molecule has 19 heavy (non-hydrogen) atoms. The van der Waals surface area contributed by atoms with Gasteiger partial charge in [0.25, 0.3) is 5.91 Å². The van der Waals surface area contributed by atoms with Gasteiger partial charge in [-0.25, -0.2) is 9.97 Å². The van der Waals surface area contributed by atoms with E-state index in [9.17, 15) is 4.79 Å². The fourth-order valence-electron chi connectivity index (χ4n) is 2.25. The molecule has 104 valence electrons. The Morgan fingerprint density at radius 3 is 2.63 bits per heavy atom. The van der Waals surface area contributed by atoms with E-state index < -0.39 is 0 Å². The zero-order chi connectivity index (χ0) is 13.5. The van der Waals surface area contributed by atoms with Gasteiger partial charge in [-0.3, -0.25) is 4.79 Å². The van der Waals surface area contributed by atoms with Crippen molar-refractivity contribution in [1.82, 2.24) is 15.3 Å². The summed E-state index contributed by atoms with van der Waals surface area (Å²) >= 11 is 0. The summed E-state index contributed by atoms with van der Waals surface area (Å²) in [4.78, 5) is 20.2. The van der Waals surface area contributed by atoms with Gasteiger partial charge in [0.15, 0.2) is 0 Å². The lowest BCUT2D eigenvalue weighted by molar-refractivity contribution is 0.0952. The lowest BCUT2D eigenvalue weighted by Gasteiger charge is -2.11. The molecular formula is C14H22N4O. The maximum absolute atomic E-state index is 11.8. The van der Waals surface area contributed by atoms with E-state index in [0.29, 0.717) is 24.1 Å². The smallest absolute Gasteiger partial charge is 0.254 e. The zero-order valence-electron chi connectivity index (χ0n) is 11.5. The van der Waals surface area contributed by atoms with Crippen molar-refractivity contribution in [3.63, 3.8) is 0 Å². The van der Waals surface area contributed by atoms with E-state index in [-0.39, 0.29) is 5.91 Å². The molecule has 5 heteroatoms. The van der Waals surface area contributed by atoms with Gasteiger partial charge in [-0.05, 0) is 19.3 Å².